The second-order valence-corrected chi connectivity index (χ2v) is 4.40. The van der Waals surface area contributed by atoms with E-state index in [0.29, 0.717) is 5.92 Å². The third-order valence-electron chi connectivity index (χ3n) is 2.61. The molecule has 0 aromatic heterocycles. The number of hydrogen-bond acceptors (Lipinski definition) is 1. The molecule has 0 aromatic carbocycles. The molecule has 0 heterocycles. The molecule has 0 N–H and O–H groups in total. The topological polar surface area (TPSA) is 3.24 Å². The molecule has 0 unspecified atom stereocenters. The van der Waals surface area contributed by atoms with E-state index in [1.165, 1.54) is 18.4 Å². The molecule has 0 rings (SSSR count). The van der Waals surface area contributed by atoms with Crippen LogP contribution >= 0.6 is 0 Å². The van der Waals surface area contributed by atoms with Gasteiger partial charge in [-0.05, 0) is 52.7 Å². The van der Waals surface area contributed by atoms with Crippen molar-refractivity contribution in [3.05, 3.63) is 23.9 Å². The highest BCUT2D eigenvalue weighted by atomic mass is 15.1. The molecule has 0 saturated heterocycles. The van der Waals surface area contributed by atoms with Gasteiger partial charge in [0.1, 0.15) is 0 Å². The SMILES string of the molecule is CCN(C=C[C@@H](C)CCC=C(C)C)CC. The quantitative estimate of drug-likeness (QED) is 0.567. The van der Waals surface area contributed by atoms with Gasteiger partial charge in [-0.2, -0.15) is 0 Å². The van der Waals surface area contributed by atoms with Crippen LogP contribution in [0.5, 0.6) is 0 Å². The standard InChI is InChI=1S/C14H27N/c1-6-15(7-2)12-11-14(5)10-8-9-13(3)4/h9,11-12,14H,6-8,10H2,1-5H3/t14-/m0/s1. The fourth-order valence-corrected chi connectivity index (χ4v) is 1.43. The fourth-order valence-electron chi connectivity index (χ4n) is 1.43. The molecular formula is C14H27N. The maximum absolute atomic E-state index is 2.33. The molecule has 1 nitrogen and oxygen atoms in total. The van der Waals surface area contributed by atoms with Crippen LogP contribution in [0.2, 0.25) is 0 Å². The van der Waals surface area contributed by atoms with Crippen LogP contribution in [-0.2, 0) is 0 Å². The second kappa shape index (κ2) is 8.58. The van der Waals surface area contributed by atoms with Gasteiger partial charge < -0.3 is 4.90 Å². The Bertz CT molecular complexity index is 195. The van der Waals surface area contributed by atoms with Crippen molar-refractivity contribution < 1.29 is 0 Å². The lowest BCUT2D eigenvalue weighted by Gasteiger charge is -2.15. The Morgan fingerprint density at radius 1 is 1.20 bits per heavy atom. The van der Waals surface area contributed by atoms with Gasteiger partial charge in [0.2, 0.25) is 0 Å². The minimum absolute atomic E-state index is 0.682. The van der Waals surface area contributed by atoms with E-state index >= 15 is 0 Å². The number of allylic oxidation sites excluding steroid dienone is 3. The highest BCUT2D eigenvalue weighted by Gasteiger charge is 1.96. The van der Waals surface area contributed by atoms with Gasteiger partial charge in [-0.15, -0.1) is 0 Å². The first-order valence-corrected chi connectivity index (χ1v) is 6.15. The van der Waals surface area contributed by atoms with Crippen molar-refractivity contribution in [3.8, 4) is 0 Å². The van der Waals surface area contributed by atoms with Crippen LogP contribution in [0.25, 0.3) is 0 Å². The molecule has 15 heavy (non-hydrogen) atoms. The van der Waals surface area contributed by atoms with Crippen LogP contribution in [0, 0.1) is 5.92 Å². The lowest BCUT2D eigenvalue weighted by Crippen LogP contribution is -2.15. The summed E-state index contributed by atoms with van der Waals surface area (Å²) in [6.07, 6.45) is 9.34. The monoisotopic (exact) mass is 209 g/mol. The van der Waals surface area contributed by atoms with Crippen LogP contribution in [0.4, 0.5) is 0 Å². The highest BCUT2D eigenvalue weighted by Crippen LogP contribution is 2.09. The van der Waals surface area contributed by atoms with Gasteiger partial charge in [0.25, 0.3) is 0 Å². The summed E-state index contributed by atoms with van der Waals surface area (Å²) in [4.78, 5) is 2.33. The Morgan fingerprint density at radius 2 is 1.80 bits per heavy atom. The second-order valence-electron chi connectivity index (χ2n) is 4.40. The van der Waals surface area contributed by atoms with Crippen molar-refractivity contribution in [2.75, 3.05) is 13.1 Å². The smallest absolute Gasteiger partial charge is 0.0143 e. The molecule has 0 aliphatic rings. The largest absolute Gasteiger partial charge is 0.378 e. The Morgan fingerprint density at radius 3 is 2.27 bits per heavy atom. The van der Waals surface area contributed by atoms with E-state index in [2.05, 4.69) is 57.9 Å². The van der Waals surface area contributed by atoms with Gasteiger partial charge in [-0.3, -0.25) is 0 Å². The predicted octanol–water partition coefficient (Wildman–Crippen LogP) is 4.22. The molecule has 0 fully saturated rings. The summed E-state index contributed by atoms with van der Waals surface area (Å²) in [7, 11) is 0. The summed E-state index contributed by atoms with van der Waals surface area (Å²) in [5.74, 6) is 0.682. The van der Waals surface area contributed by atoms with E-state index < -0.39 is 0 Å². The van der Waals surface area contributed by atoms with Crippen LogP contribution in [0.1, 0.15) is 47.5 Å². The van der Waals surface area contributed by atoms with Crippen molar-refractivity contribution >= 4 is 0 Å². The third-order valence-corrected chi connectivity index (χ3v) is 2.61. The van der Waals surface area contributed by atoms with Crippen molar-refractivity contribution in [2.24, 2.45) is 5.92 Å². The third kappa shape index (κ3) is 8.29. The van der Waals surface area contributed by atoms with Gasteiger partial charge in [0, 0.05) is 13.1 Å². The molecule has 88 valence electrons. The first-order chi connectivity index (χ1) is 7.10. The maximum atomic E-state index is 2.33. The average Bonchev–Trinajstić information content (AvgIpc) is 2.18. The molecule has 0 amide bonds. The van der Waals surface area contributed by atoms with Gasteiger partial charge in [-0.1, -0.05) is 24.6 Å². The summed E-state index contributed by atoms with van der Waals surface area (Å²) in [5, 5.41) is 0. The number of nitrogens with zero attached hydrogens (tertiary/aromatic N) is 1. The first-order valence-electron chi connectivity index (χ1n) is 6.15. The van der Waals surface area contributed by atoms with Crippen LogP contribution in [-0.4, -0.2) is 18.0 Å². The van der Waals surface area contributed by atoms with Gasteiger partial charge in [0.15, 0.2) is 0 Å². The fraction of sp³-hybridized carbons (Fsp3) is 0.714. The summed E-state index contributed by atoms with van der Waals surface area (Å²) in [5.41, 5.74) is 1.43. The lowest BCUT2D eigenvalue weighted by molar-refractivity contribution is 0.414. The van der Waals surface area contributed by atoms with Crippen LogP contribution < -0.4 is 0 Å². The zero-order chi connectivity index (χ0) is 11.7. The molecule has 1 atom stereocenters. The van der Waals surface area contributed by atoms with E-state index in [1.54, 1.807) is 0 Å². The van der Waals surface area contributed by atoms with Crippen molar-refractivity contribution in [1.82, 2.24) is 4.90 Å². The van der Waals surface area contributed by atoms with E-state index in [0.717, 1.165) is 13.1 Å². The molecule has 0 saturated carbocycles. The molecule has 0 radical (unpaired) electrons. The predicted molar refractivity (Wildman–Crippen MR) is 69.9 cm³/mol. The zero-order valence-electron chi connectivity index (χ0n) is 11.1. The summed E-state index contributed by atoms with van der Waals surface area (Å²) in [6, 6.07) is 0. The Labute approximate surface area is 95.9 Å². The molecule has 0 aliphatic heterocycles. The van der Waals surface area contributed by atoms with Gasteiger partial charge in [-0.25, -0.2) is 0 Å². The van der Waals surface area contributed by atoms with E-state index in [1.807, 2.05) is 0 Å². The molecule has 0 bridgehead atoms. The minimum Gasteiger partial charge on any atom is -0.378 e. The summed E-state index contributed by atoms with van der Waals surface area (Å²) < 4.78 is 0. The first kappa shape index (κ1) is 14.3. The zero-order valence-corrected chi connectivity index (χ0v) is 11.1. The van der Waals surface area contributed by atoms with Gasteiger partial charge >= 0.3 is 0 Å². The van der Waals surface area contributed by atoms with Gasteiger partial charge in [0.05, 0.1) is 0 Å². The van der Waals surface area contributed by atoms with Crippen molar-refractivity contribution in [1.29, 1.82) is 0 Å². The van der Waals surface area contributed by atoms with E-state index in [-0.39, 0.29) is 0 Å². The molecule has 0 aromatic rings. The summed E-state index contributed by atoms with van der Waals surface area (Å²) in [6.45, 7) is 13.2. The lowest BCUT2D eigenvalue weighted by atomic mass is 10.0. The Hall–Kier alpha value is -0.720. The van der Waals surface area contributed by atoms with Crippen LogP contribution in [0.15, 0.2) is 23.9 Å². The van der Waals surface area contributed by atoms with E-state index in [4.69, 9.17) is 0 Å². The Balaban J connectivity index is 3.81. The number of rotatable bonds is 7. The molecule has 0 aliphatic carbocycles. The molecular weight excluding hydrogens is 182 g/mol. The highest BCUT2D eigenvalue weighted by molar-refractivity contribution is 4.94. The van der Waals surface area contributed by atoms with Crippen LogP contribution in [0.3, 0.4) is 0 Å². The molecule has 0 spiro atoms. The Kier molecular flexibility index (Phi) is 8.17. The maximum Gasteiger partial charge on any atom is 0.0143 e. The normalized spacial score (nSPS) is 12.9. The van der Waals surface area contributed by atoms with E-state index in [9.17, 15) is 0 Å². The average molecular weight is 209 g/mol. The minimum atomic E-state index is 0.682. The number of hydrogen-bond donors (Lipinski definition) is 0. The summed E-state index contributed by atoms with van der Waals surface area (Å²) >= 11 is 0. The molecule has 1 heteroatoms. The van der Waals surface area contributed by atoms with Crippen molar-refractivity contribution in [2.45, 2.75) is 47.5 Å². The van der Waals surface area contributed by atoms with Crippen molar-refractivity contribution in [3.63, 3.8) is 0 Å².